The molecule has 0 spiro atoms. The number of nitrogens with zero attached hydrogens (tertiary/aromatic N) is 2. The zero-order valence-electron chi connectivity index (χ0n) is 6.91. The minimum atomic E-state index is 0.201. The second-order valence-corrected chi connectivity index (χ2v) is 5.80. The summed E-state index contributed by atoms with van der Waals surface area (Å²) in [6, 6.07) is 0.476. The monoisotopic (exact) mass is 160 g/mol. The van der Waals surface area contributed by atoms with E-state index in [4.69, 9.17) is 0 Å². The van der Waals surface area contributed by atoms with Gasteiger partial charge in [-0.3, -0.25) is 10.9 Å². The van der Waals surface area contributed by atoms with E-state index in [1.54, 1.807) is 0 Å². The van der Waals surface area contributed by atoms with Gasteiger partial charge in [-0.2, -0.15) is 10.2 Å². The summed E-state index contributed by atoms with van der Waals surface area (Å²) in [6.07, 6.45) is 5.91. The van der Waals surface area contributed by atoms with Crippen LogP contribution in [0.2, 0.25) is 0 Å². The molecule has 0 aromatic rings. The van der Waals surface area contributed by atoms with E-state index in [-0.39, 0.29) is 10.9 Å². The molecule has 0 amide bonds. The van der Waals surface area contributed by atoms with Gasteiger partial charge in [0, 0.05) is 5.25 Å². The van der Waals surface area contributed by atoms with Crippen LogP contribution in [0.4, 0.5) is 0 Å². The maximum Gasteiger partial charge on any atom is 0.0701 e. The van der Waals surface area contributed by atoms with Crippen LogP contribution in [-0.2, 0) is 0 Å². The highest BCUT2D eigenvalue weighted by atomic mass is 32.2. The highest BCUT2D eigenvalue weighted by molar-refractivity contribution is 8.16. The Labute approximate surface area is 65.5 Å². The highest BCUT2D eigenvalue weighted by Gasteiger charge is 2.17. The second kappa shape index (κ2) is 3.37. The van der Waals surface area contributed by atoms with Crippen molar-refractivity contribution in [1.29, 1.82) is 0 Å². The zero-order chi connectivity index (χ0) is 7.56. The fourth-order valence-electron chi connectivity index (χ4n) is 1.17. The van der Waals surface area contributed by atoms with Crippen molar-refractivity contribution in [2.75, 3.05) is 19.1 Å². The molecule has 1 rings (SSSR count). The van der Waals surface area contributed by atoms with E-state index in [0.29, 0.717) is 6.04 Å². The van der Waals surface area contributed by atoms with Crippen molar-refractivity contribution in [2.45, 2.75) is 24.6 Å². The maximum absolute atomic E-state index is 4.10. The Morgan fingerprint density at radius 2 is 2.10 bits per heavy atom. The van der Waals surface area contributed by atoms with E-state index in [9.17, 15) is 0 Å². The Morgan fingerprint density at radius 1 is 1.40 bits per heavy atom. The lowest BCUT2D eigenvalue weighted by Crippen LogP contribution is -2.20. The summed E-state index contributed by atoms with van der Waals surface area (Å²) in [5, 5.41) is 9.04. The predicted molar refractivity (Wildman–Crippen MR) is 48.4 cm³/mol. The fraction of sp³-hybridized carbons (Fsp3) is 1.00. The topological polar surface area (TPSA) is 24.7 Å². The second-order valence-electron chi connectivity index (χ2n) is 3.14. The van der Waals surface area contributed by atoms with Crippen molar-refractivity contribution < 1.29 is 0 Å². The normalized spacial score (nSPS) is 34.1. The van der Waals surface area contributed by atoms with Gasteiger partial charge in [-0.25, -0.2) is 0 Å². The number of hydrogen-bond acceptors (Lipinski definition) is 2. The minimum Gasteiger partial charge on any atom is -0.255 e. The lowest BCUT2D eigenvalue weighted by atomic mass is 10.2. The van der Waals surface area contributed by atoms with E-state index < -0.39 is 0 Å². The number of azo groups is 1. The van der Waals surface area contributed by atoms with E-state index in [1.807, 2.05) is 0 Å². The number of thiol groups is 1. The molecule has 1 aliphatic heterocycles. The molecule has 0 aliphatic carbocycles. The molecule has 0 bridgehead atoms. The molecule has 0 aromatic heterocycles. The average molecular weight is 160 g/mol. The van der Waals surface area contributed by atoms with Crippen molar-refractivity contribution >= 4 is 10.9 Å². The molecule has 0 saturated heterocycles. The van der Waals surface area contributed by atoms with Gasteiger partial charge in [0.05, 0.1) is 12.6 Å². The van der Waals surface area contributed by atoms with Gasteiger partial charge < -0.3 is 0 Å². The summed E-state index contributed by atoms with van der Waals surface area (Å²) in [4.78, 5) is 0. The molecule has 0 radical (unpaired) electrons. The first-order valence-electron chi connectivity index (χ1n) is 3.73. The first-order valence-corrected chi connectivity index (χ1v) is 6.03. The van der Waals surface area contributed by atoms with E-state index in [1.165, 1.54) is 6.42 Å². The Balaban J connectivity index is 2.44. The molecule has 1 heterocycles. The third-order valence-electron chi connectivity index (χ3n) is 1.91. The number of rotatable bonds is 1. The Bertz CT molecular complexity index is 134. The summed E-state index contributed by atoms with van der Waals surface area (Å²) in [5.74, 6) is 0. The lowest BCUT2D eigenvalue weighted by molar-refractivity contribution is 0.552. The van der Waals surface area contributed by atoms with Crippen LogP contribution < -0.4 is 0 Å². The summed E-state index contributed by atoms with van der Waals surface area (Å²) < 4.78 is 0. The van der Waals surface area contributed by atoms with Crippen molar-refractivity contribution in [2.24, 2.45) is 10.2 Å². The molecule has 2 atom stereocenters. The molecule has 2 nitrogen and oxygen atoms in total. The summed E-state index contributed by atoms with van der Waals surface area (Å²) in [7, 11) is 0.201. The Kier molecular flexibility index (Phi) is 2.72. The molecule has 1 aliphatic rings. The fourth-order valence-corrected chi connectivity index (χ4v) is 2.30. The standard InChI is InChI=1S/C7H16N2S/c1-6-4-7(10(2)3)5-8-9-6/h6-7,10H,4-5H2,1-3H3. The van der Waals surface area contributed by atoms with Gasteiger partial charge in [-0.1, -0.05) is 0 Å². The van der Waals surface area contributed by atoms with Crippen LogP contribution in [-0.4, -0.2) is 30.3 Å². The molecule has 0 saturated carbocycles. The molecule has 0 fully saturated rings. The van der Waals surface area contributed by atoms with Crippen LogP contribution in [0, 0.1) is 0 Å². The first-order chi connectivity index (χ1) is 4.70. The van der Waals surface area contributed by atoms with Gasteiger partial charge in [0.2, 0.25) is 0 Å². The van der Waals surface area contributed by atoms with Crippen LogP contribution in [0.3, 0.4) is 0 Å². The molecule has 0 aromatic carbocycles. The number of hydrogen-bond donors (Lipinski definition) is 1. The van der Waals surface area contributed by atoms with E-state index >= 15 is 0 Å². The van der Waals surface area contributed by atoms with Crippen LogP contribution in [0.5, 0.6) is 0 Å². The molecule has 2 unspecified atom stereocenters. The average Bonchev–Trinajstić information content (AvgIpc) is 1.88. The predicted octanol–water partition coefficient (Wildman–Crippen LogP) is 1.86. The van der Waals surface area contributed by atoms with Gasteiger partial charge in [-0.05, 0) is 25.9 Å². The Hall–Kier alpha value is -0.0500. The van der Waals surface area contributed by atoms with E-state index in [2.05, 4.69) is 29.7 Å². The quantitative estimate of drug-likeness (QED) is 0.566. The highest BCUT2D eigenvalue weighted by Crippen LogP contribution is 2.29. The summed E-state index contributed by atoms with van der Waals surface area (Å²) >= 11 is 0. The largest absolute Gasteiger partial charge is 0.255 e. The molecular formula is C7H16N2S. The van der Waals surface area contributed by atoms with Crippen molar-refractivity contribution in [3.8, 4) is 0 Å². The van der Waals surface area contributed by atoms with Gasteiger partial charge in [-0.15, -0.1) is 0 Å². The lowest BCUT2D eigenvalue weighted by Gasteiger charge is -2.26. The van der Waals surface area contributed by atoms with Gasteiger partial charge in [0.15, 0.2) is 0 Å². The van der Waals surface area contributed by atoms with Crippen LogP contribution in [0.15, 0.2) is 10.2 Å². The zero-order valence-corrected chi connectivity index (χ0v) is 7.80. The van der Waals surface area contributed by atoms with Crippen LogP contribution in [0.1, 0.15) is 13.3 Å². The summed E-state index contributed by atoms with van der Waals surface area (Å²) in [6.45, 7) is 3.12. The van der Waals surface area contributed by atoms with E-state index in [0.717, 1.165) is 11.8 Å². The Morgan fingerprint density at radius 3 is 2.50 bits per heavy atom. The van der Waals surface area contributed by atoms with Gasteiger partial charge in [0.25, 0.3) is 0 Å². The third kappa shape index (κ3) is 1.97. The molecule has 0 N–H and O–H groups in total. The molecular weight excluding hydrogens is 144 g/mol. The summed E-state index contributed by atoms with van der Waals surface area (Å²) in [5.41, 5.74) is 0. The SMILES string of the molecule is CC1CC([SH](C)C)CN=N1. The third-order valence-corrected chi connectivity index (χ3v) is 3.75. The van der Waals surface area contributed by atoms with Crippen molar-refractivity contribution in [3.05, 3.63) is 0 Å². The van der Waals surface area contributed by atoms with Crippen molar-refractivity contribution in [1.82, 2.24) is 0 Å². The molecule has 3 heteroatoms. The first kappa shape index (κ1) is 8.05. The smallest absolute Gasteiger partial charge is 0.0701 e. The van der Waals surface area contributed by atoms with Gasteiger partial charge in [0.1, 0.15) is 0 Å². The van der Waals surface area contributed by atoms with Crippen LogP contribution >= 0.6 is 10.9 Å². The molecule has 60 valence electrons. The van der Waals surface area contributed by atoms with Crippen molar-refractivity contribution in [3.63, 3.8) is 0 Å². The van der Waals surface area contributed by atoms with Crippen LogP contribution in [0.25, 0.3) is 0 Å². The minimum absolute atomic E-state index is 0.201. The maximum atomic E-state index is 4.10. The molecule has 10 heavy (non-hydrogen) atoms. The van der Waals surface area contributed by atoms with Gasteiger partial charge >= 0.3 is 0 Å².